The van der Waals surface area contributed by atoms with E-state index in [0.717, 1.165) is 17.4 Å². The van der Waals surface area contributed by atoms with Crippen LogP contribution in [-0.2, 0) is 9.84 Å². The van der Waals surface area contributed by atoms with Crippen molar-refractivity contribution in [1.82, 2.24) is 10.6 Å². The number of amides is 2. The minimum absolute atomic E-state index is 0.237. The van der Waals surface area contributed by atoms with Crippen molar-refractivity contribution in [3.8, 4) is 11.8 Å². The second-order valence-corrected chi connectivity index (χ2v) is 7.57. The lowest BCUT2D eigenvalue weighted by Crippen LogP contribution is -2.37. The Balaban J connectivity index is 1.85. The second-order valence-electron chi connectivity index (χ2n) is 5.56. The molecule has 0 fully saturated rings. The molecule has 6 heteroatoms. The van der Waals surface area contributed by atoms with Crippen LogP contribution in [0.4, 0.5) is 4.79 Å². The molecule has 25 heavy (non-hydrogen) atoms. The average Bonchev–Trinajstić information content (AvgIpc) is 2.59. The van der Waals surface area contributed by atoms with Crippen LogP contribution >= 0.6 is 0 Å². The van der Waals surface area contributed by atoms with Gasteiger partial charge in [-0.15, -0.1) is 0 Å². The first-order chi connectivity index (χ1) is 11.9. The lowest BCUT2D eigenvalue weighted by atomic mass is 10.1. The molecule has 0 aliphatic rings. The quantitative estimate of drug-likeness (QED) is 0.827. The number of hydrogen-bond donors (Lipinski definition) is 2. The van der Waals surface area contributed by atoms with Gasteiger partial charge in [0.15, 0.2) is 9.84 Å². The molecule has 2 N–H and O–H groups in total. The summed E-state index contributed by atoms with van der Waals surface area (Å²) < 4.78 is 22.9. The smallest absolute Gasteiger partial charge is 0.316 e. The first-order valence-electron chi connectivity index (χ1n) is 7.74. The summed E-state index contributed by atoms with van der Waals surface area (Å²) in [6.07, 6.45) is 1.16. The number of hydrogen-bond acceptors (Lipinski definition) is 3. The summed E-state index contributed by atoms with van der Waals surface area (Å²) in [4.78, 5) is 12.1. The third kappa shape index (κ3) is 5.98. The third-order valence-corrected chi connectivity index (χ3v) is 4.63. The zero-order chi connectivity index (χ0) is 18.3. The van der Waals surface area contributed by atoms with Gasteiger partial charge < -0.3 is 10.6 Å². The normalized spacial score (nSPS) is 11.8. The van der Waals surface area contributed by atoms with E-state index in [1.54, 1.807) is 12.1 Å². The van der Waals surface area contributed by atoms with Gasteiger partial charge >= 0.3 is 6.03 Å². The fourth-order valence-electron chi connectivity index (χ4n) is 2.13. The van der Waals surface area contributed by atoms with Crippen LogP contribution in [-0.4, -0.2) is 27.2 Å². The summed E-state index contributed by atoms with van der Waals surface area (Å²) in [5, 5.41) is 5.46. The van der Waals surface area contributed by atoms with E-state index >= 15 is 0 Å². The Kier molecular flexibility index (Phi) is 6.20. The Hall–Kier alpha value is -2.78. The van der Waals surface area contributed by atoms with Crippen LogP contribution in [0.5, 0.6) is 0 Å². The van der Waals surface area contributed by atoms with Gasteiger partial charge in [0, 0.05) is 11.8 Å². The van der Waals surface area contributed by atoms with Crippen molar-refractivity contribution in [3.05, 3.63) is 65.7 Å². The Morgan fingerprint density at radius 2 is 1.72 bits per heavy atom. The molecule has 0 radical (unpaired) electrons. The van der Waals surface area contributed by atoms with Gasteiger partial charge in [-0.1, -0.05) is 42.2 Å². The molecule has 0 aliphatic heterocycles. The number of carbonyl (C=O) groups is 1. The molecule has 1 unspecified atom stereocenters. The van der Waals surface area contributed by atoms with Crippen molar-refractivity contribution in [3.63, 3.8) is 0 Å². The standard InChI is InChI=1S/C19H20N2O3S/c1-15(17-10-12-18(13-11-17)25(2,23)24)21-19(22)20-14-6-9-16-7-4-3-5-8-16/h3-5,7-8,10-13,15H,14H2,1-2H3,(H2,20,21,22). The minimum Gasteiger partial charge on any atom is -0.332 e. The van der Waals surface area contributed by atoms with Gasteiger partial charge in [0.05, 0.1) is 17.5 Å². The van der Waals surface area contributed by atoms with E-state index < -0.39 is 9.84 Å². The van der Waals surface area contributed by atoms with Crippen LogP contribution in [0, 0.1) is 11.8 Å². The molecule has 2 amide bonds. The molecular weight excluding hydrogens is 336 g/mol. The van der Waals surface area contributed by atoms with Crippen molar-refractivity contribution in [2.45, 2.75) is 17.9 Å². The zero-order valence-electron chi connectivity index (χ0n) is 14.1. The Morgan fingerprint density at radius 3 is 2.32 bits per heavy atom. The molecular formula is C19H20N2O3S. The fraction of sp³-hybridized carbons (Fsp3) is 0.211. The summed E-state index contributed by atoms with van der Waals surface area (Å²) in [6.45, 7) is 2.06. The van der Waals surface area contributed by atoms with Gasteiger partial charge in [0.25, 0.3) is 0 Å². The van der Waals surface area contributed by atoms with E-state index in [1.807, 2.05) is 37.3 Å². The molecule has 0 saturated carbocycles. The molecule has 0 spiro atoms. The maximum Gasteiger partial charge on any atom is 0.316 e. The van der Waals surface area contributed by atoms with E-state index in [1.165, 1.54) is 12.1 Å². The molecule has 0 bridgehead atoms. The number of nitrogens with one attached hydrogen (secondary N) is 2. The van der Waals surface area contributed by atoms with E-state index in [4.69, 9.17) is 0 Å². The predicted octanol–water partition coefficient (Wildman–Crippen LogP) is 2.50. The van der Waals surface area contributed by atoms with Gasteiger partial charge in [-0.3, -0.25) is 0 Å². The van der Waals surface area contributed by atoms with Crippen molar-refractivity contribution in [2.75, 3.05) is 12.8 Å². The first-order valence-corrected chi connectivity index (χ1v) is 9.64. The van der Waals surface area contributed by atoms with Crippen LogP contribution in [0.3, 0.4) is 0 Å². The topological polar surface area (TPSA) is 75.3 Å². The highest BCUT2D eigenvalue weighted by molar-refractivity contribution is 7.90. The van der Waals surface area contributed by atoms with Gasteiger partial charge in [0.2, 0.25) is 0 Å². The monoisotopic (exact) mass is 356 g/mol. The summed E-state index contributed by atoms with van der Waals surface area (Å²) in [6, 6.07) is 15.4. The highest BCUT2D eigenvalue weighted by Gasteiger charge is 2.11. The van der Waals surface area contributed by atoms with E-state index in [-0.39, 0.29) is 23.5 Å². The fourth-order valence-corrected chi connectivity index (χ4v) is 2.76. The van der Waals surface area contributed by atoms with Crippen molar-refractivity contribution < 1.29 is 13.2 Å². The Labute approximate surface area is 148 Å². The molecule has 130 valence electrons. The van der Waals surface area contributed by atoms with Crippen LogP contribution < -0.4 is 10.6 Å². The van der Waals surface area contributed by atoms with Crippen LogP contribution in [0.1, 0.15) is 24.1 Å². The molecule has 2 aromatic carbocycles. The highest BCUT2D eigenvalue weighted by atomic mass is 32.2. The number of benzene rings is 2. The molecule has 0 aliphatic carbocycles. The number of urea groups is 1. The van der Waals surface area contributed by atoms with E-state index in [9.17, 15) is 13.2 Å². The highest BCUT2D eigenvalue weighted by Crippen LogP contribution is 2.16. The van der Waals surface area contributed by atoms with Crippen molar-refractivity contribution in [1.29, 1.82) is 0 Å². The van der Waals surface area contributed by atoms with Crippen molar-refractivity contribution in [2.24, 2.45) is 0 Å². The number of rotatable bonds is 4. The minimum atomic E-state index is -3.22. The van der Waals surface area contributed by atoms with Crippen LogP contribution in [0.15, 0.2) is 59.5 Å². The summed E-state index contributed by atoms with van der Waals surface area (Å²) >= 11 is 0. The molecule has 0 aromatic heterocycles. The SMILES string of the molecule is CC(NC(=O)NCC#Cc1ccccc1)c1ccc(S(C)(=O)=O)cc1. The van der Waals surface area contributed by atoms with Crippen LogP contribution in [0.25, 0.3) is 0 Å². The lowest BCUT2D eigenvalue weighted by molar-refractivity contribution is 0.239. The molecule has 1 atom stereocenters. The summed E-state index contributed by atoms with van der Waals surface area (Å²) in [5.41, 5.74) is 1.71. The van der Waals surface area contributed by atoms with Gasteiger partial charge in [-0.25, -0.2) is 13.2 Å². The third-order valence-electron chi connectivity index (χ3n) is 3.50. The van der Waals surface area contributed by atoms with E-state index in [2.05, 4.69) is 22.5 Å². The zero-order valence-corrected chi connectivity index (χ0v) is 14.9. The molecule has 5 nitrogen and oxygen atoms in total. The predicted molar refractivity (Wildman–Crippen MR) is 97.8 cm³/mol. The molecule has 2 rings (SSSR count). The number of carbonyl (C=O) groups excluding carboxylic acids is 1. The second kappa shape index (κ2) is 8.36. The van der Waals surface area contributed by atoms with Gasteiger partial charge in [-0.2, -0.15) is 0 Å². The lowest BCUT2D eigenvalue weighted by Gasteiger charge is -2.14. The summed E-state index contributed by atoms with van der Waals surface area (Å²) in [5.74, 6) is 5.84. The van der Waals surface area contributed by atoms with Gasteiger partial charge in [0.1, 0.15) is 0 Å². The molecule has 0 heterocycles. The largest absolute Gasteiger partial charge is 0.332 e. The molecule has 2 aromatic rings. The number of sulfone groups is 1. The van der Waals surface area contributed by atoms with Gasteiger partial charge in [-0.05, 0) is 36.8 Å². The maximum atomic E-state index is 11.9. The first kappa shape index (κ1) is 18.6. The Bertz CT molecular complexity index is 880. The maximum absolute atomic E-state index is 11.9. The van der Waals surface area contributed by atoms with E-state index in [0.29, 0.717) is 0 Å². The molecule has 0 saturated heterocycles. The Morgan fingerprint density at radius 1 is 1.08 bits per heavy atom. The average molecular weight is 356 g/mol. The van der Waals surface area contributed by atoms with Crippen LogP contribution in [0.2, 0.25) is 0 Å². The summed E-state index contributed by atoms with van der Waals surface area (Å²) in [7, 11) is -3.22. The van der Waals surface area contributed by atoms with Crippen molar-refractivity contribution >= 4 is 15.9 Å².